The summed E-state index contributed by atoms with van der Waals surface area (Å²) < 4.78 is 5.46. The number of carbonyl (C=O) groups is 1. The average Bonchev–Trinajstić information content (AvgIpc) is 2.52. The van der Waals surface area contributed by atoms with Crippen LogP contribution < -0.4 is 4.74 Å². The number of hydrogen-bond donors (Lipinski definition) is 0. The van der Waals surface area contributed by atoms with Crippen LogP contribution in [0, 0.1) is 11.3 Å². The third-order valence-electron chi connectivity index (χ3n) is 3.45. The molecule has 1 saturated heterocycles. The van der Waals surface area contributed by atoms with Gasteiger partial charge in [0.15, 0.2) is 6.61 Å². The molecule has 1 aromatic carbocycles. The third kappa shape index (κ3) is 4.62. The highest BCUT2D eigenvalue weighted by Crippen LogP contribution is 2.23. The first-order valence-corrected chi connectivity index (χ1v) is 7.33. The molecule has 1 aromatic rings. The van der Waals surface area contributed by atoms with Crippen LogP contribution in [0.4, 0.5) is 0 Å². The van der Waals surface area contributed by atoms with Gasteiger partial charge in [-0.2, -0.15) is 5.26 Å². The minimum absolute atomic E-state index is 0.00191. The first-order chi connectivity index (χ1) is 10.2. The second kappa shape index (κ2) is 7.87. The van der Waals surface area contributed by atoms with E-state index in [-0.39, 0.29) is 12.5 Å². The molecule has 6 heteroatoms. The number of nitriles is 1. The maximum Gasteiger partial charge on any atom is 0.260 e. The van der Waals surface area contributed by atoms with E-state index in [1.165, 1.54) is 0 Å². The molecule has 21 heavy (non-hydrogen) atoms. The first-order valence-electron chi connectivity index (χ1n) is 6.95. The maximum atomic E-state index is 12.1. The van der Waals surface area contributed by atoms with E-state index in [1.54, 1.807) is 17.0 Å². The van der Waals surface area contributed by atoms with Crippen LogP contribution in [0.2, 0.25) is 5.02 Å². The molecule has 5 nitrogen and oxygen atoms in total. The number of hydrogen-bond acceptors (Lipinski definition) is 4. The van der Waals surface area contributed by atoms with Gasteiger partial charge in [0.2, 0.25) is 0 Å². The van der Waals surface area contributed by atoms with Crippen LogP contribution in [0.3, 0.4) is 0 Å². The predicted octanol–water partition coefficient (Wildman–Crippen LogP) is 1.78. The van der Waals surface area contributed by atoms with Crippen LogP contribution in [0.25, 0.3) is 0 Å². The van der Waals surface area contributed by atoms with Crippen LogP contribution in [0.1, 0.15) is 6.42 Å². The van der Waals surface area contributed by atoms with Gasteiger partial charge in [-0.1, -0.05) is 23.7 Å². The third-order valence-corrected chi connectivity index (χ3v) is 3.76. The summed E-state index contributed by atoms with van der Waals surface area (Å²) >= 11 is 5.98. The zero-order valence-corrected chi connectivity index (χ0v) is 12.6. The highest BCUT2D eigenvalue weighted by Gasteiger charge is 2.21. The number of carbonyl (C=O) groups excluding carboxylic acids is 1. The molecule has 0 aromatic heterocycles. The van der Waals surface area contributed by atoms with Crippen LogP contribution in [0.15, 0.2) is 24.3 Å². The number of halogens is 1. The van der Waals surface area contributed by atoms with Crippen molar-refractivity contribution in [3.8, 4) is 11.8 Å². The minimum atomic E-state index is -0.0325. The van der Waals surface area contributed by atoms with Crippen molar-refractivity contribution in [3.05, 3.63) is 29.3 Å². The summed E-state index contributed by atoms with van der Waals surface area (Å²) in [6.07, 6.45) is 0.531. The van der Waals surface area contributed by atoms with E-state index < -0.39 is 0 Å². The van der Waals surface area contributed by atoms with E-state index in [0.717, 1.165) is 19.6 Å². The SMILES string of the molecule is N#CCCN1CCN(C(=O)COc2ccccc2Cl)CC1. The van der Waals surface area contributed by atoms with Crippen molar-refractivity contribution in [2.24, 2.45) is 0 Å². The summed E-state index contributed by atoms with van der Waals surface area (Å²) in [6, 6.07) is 9.25. The van der Waals surface area contributed by atoms with E-state index in [0.29, 0.717) is 30.3 Å². The molecule has 0 atom stereocenters. The normalized spacial score (nSPS) is 15.5. The molecule has 1 amide bonds. The lowest BCUT2D eigenvalue weighted by atomic mass is 10.3. The van der Waals surface area contributed by atoms with E-state index in [4.69, 9.17) is 21.6 Å². The summed E-state index contributed by atoms with van der Waals surface area (Å²) in [5, 5.41) is 9.08. The Balaban J connectivity index is 1.75. The summed E-state index contributed by atoms with van der Waals surface area (Å²) in [6.45, 7) is 3.74. The van der Waals surface area contributed by atoms with Gasteiger partial charge in [-0.15, -0.1) is 0 Å². The number of benzene rings is 1. The highest BCUT2D eigenvalue weighted by atomic mass is 35.5. The van der Waals surface area contributed by atoms with Crippen LogP contribution in [-0.4, -0.2) is 55.0 Å². The highest BCUT2D eigenvalue weighted by molar-refractivity contribution is 6.32. The number of nitrogens with zero attached hydrogens (tertiary/aromatic N) is 3. The Morgan fingerprint density at radius 1 is 1.29 bits per heavy atom. The Labute approximate surface area is 129 Å². The largest absolute Gasteiger partial charge is 0.482 e. The fraction of sp³-hybridized carbons (Fsp3) is 0.467. The van der Waals surface area contributed by atoms with Crippen LogP contribution >= 0.6 is 11.6 Å². The summed E-state index contributed by atoms with van der Waals surface area (Å²) in [4.78, 5) is 16.1. The van der Waals surface area contributed by atoms with Gasteiger partial charge >= 0.3 is 0 Å². The molecule has 2 rings (SSSR count). The molecular weight excluding hydrogens is 290 g/mol. The Kier molecular flexibility index (Phi) is 5.85. The standard InChI is InChI=1S/C15H18ClN3O2/c16-13-4-1-2-5-14(13)21-12-15(20)19-10-8-18(9-11-19)7-3-6-17/h1-2,4-5H,3,7-12H2. The molecule has 0 aliphatic carbocycles. The lowest BCUT2D eigenvalue weighted by Crippen LogP contribution is -2.50. The molecule has 0 unspecified atom stereocenters. The smallest absolute Gasteiger partial charge is 0.260 e. The second-order valence-corrected chi connectivity index (χ2v) is 5.26. The summed E-state index contributed by atoms with van der Waals surface area (Å²) in [5.74, 6) is 0.495. The fourth-order valence-corrected chi connectivity index (χ4v) is 2.41. The zero-order valence-electron chi connectivity index (χ0n) is 11.8. The number of piperazine rings is 1. The molecule has 0 bridgehead atoms. The van der Waals surface area contributed by atoms with Gasteiger partial charge in [-0.05, 0) is 12.1 Å². The van der Waals surface area contributed by atoms with Gasteiger partial charge in [0.05, 0.1) is 11.1 Å². The summed E-state index contributed by atoms with van der Waals surface area (Å²) in [5.41, 5.74) is 0. The summed E-state index contributed by atoms with van der Waals surface area (Å²) in [7, 11) is 0. The average molecular weight is 308 g/mol. The monoisotopic (exact) mass is 307 g/mol. The molecule has 1 fully saturated rings. The Hall–Kier alpha value is -1.77. The molecule has 0 spiro atoms. The lowest BCUT2D eigenvalue weighted by Gasteiger charge is -2.34. The van der Waals surface area contributed by atoms with Crippen molar-refractivity contribution in [2.45, 2.75) is 6.42 Å². The molecule has 112 valence electrons. The molecule has 0 saturated carbocycles. The topological polar surface area (TPSA) is 56.6 Å². The molecule has 1 aliphatic heterocycles. The van der Waals surface area contributed by atoms with Gasteiger partial charge in [0.25, 0.3) is 5.91 Å². The van der Waals surface area contributed by atoms with E-state index >= 15 is 0 Å². The fourth-order valence-electron chi connectivity index (χ4n) is 2.22. The molecule has 0 radical (unpaired) electrons. The number of amides is 1. The quantitative estimate of drug-likeness (QED) is 0.832. The minimum Gasteiger partial charge on any atom is -0.482 e. The molecule has 1 heterocycles. The van der Waals surface area contributed by atoms with Crippen molar-refractivity contribution < 1.29 is 9.53 Å². The van der Waals surface area contributed by atoms with Crippen LogP contribution in [-0.2, 0) is 4.79 Å². The van der Waals surface area contributed by atoms with Gasteiger partial charge in [0, 0.05) is 39.1 Å². The Morgan fingerprint density at radius 3 is 2.67 bits per heavy atom. The maximum absolute atomic E-state index is 12.1. The van der Waals surface area contributed by atoms with Gasteiger partial charge in [0.1, 0.15) is 5.75 Å². The first kappa shape index (κ1) is 15.6. The molecular formula is C15H18ClN3O2. The number of rotatable bonds is 5. The lowest BCUT2D eigenvalue weighted by molar-refractivity contribution is -0.135. The Morgan fingerprint density at radius 2 is 2.00 bits per heavy atom. The van der Waals surface area contributed by atoms with E-state index in [1.807, 2.05) is 12.1 Å². The second-order valence-electron chi connectivity index (χ2n) is 4.85. The van der Waals surface area contributed by atoms with Crippen molar-refractivity contribution in [2.75, 3.05) is 39.3 Å². The van der Waals surface area contributed by atoms with Crippen molar-refractivity contribution in [1.29, 1.82) is 5.26 Å². The van der Waals surface area contributed by atoms with E-state index in [9.17, 15) is 4.79 Å². The van der Waals surface area contributed by atoms with Gasteiger partial charge in [-0.3, -0.25) is 9.69 Å². The number of para-hydroxylation sites is 1. The Bertz CT molecular complexity index is 522. The predicted molar refractivity (Wildman–Crippen MR) is 80.2 cm³/mol. The van der Waals surface area contributed by atoms with E-state index in [2.05, 4.69) is 11.0 Å². The van der Waals surface area contributed by atoms with Gasteiger partial charge < -0.3 is 9.64 Å². The number of ether oxygens (including phenoxy) is 1. The van der Waals surface area contributed by atoms with Crippen molar-refractivity contribution in [3.63, 3.8) is 0 Å². The molecule has 1 aliphatic rings. The van der Waals surface area contributed by atoms with Crippen LogP contribution in [0.5, 0.6) is 5.75 Å². The van der Waals surface area contributed by atoms with Gasteiger partial charge in [-0.25, -0.2) is 0 Å². The van der Waals surface area contributed by atoms with Crippen molar-refractivity contribution in [1.82, 2.24) is 9.80 Å². The molecule has 0 N–H and O–H groups in total. The van der Waals surface area contributed by atoms with Crippen molar-refractivity contribution >= 4 is 17.5 Å². The zero-order chi connectivity index (χ0) is 15.1.